The number of benzene rings is 1. The van der Waals surface area contributed by atoms with E-state index in [0.717, 1.165) is 12.1 Å². The Balaban J connectivity index is 3.21. The third-order valence-corrected chi connectivity index (χ3v) is 2.77. The second-order valence-corrected chi connectivity index (χ2v) is 5.85. The zero-order chi connectivity index (χ0) is 12.6. The van der Waals surface area contributed by atoms with Gasteiger partial charge in [0, 0.05) is 0 Å². The molecular formula is C7H7FO6S2. The minimum Gasteiger partial charge on any atom is -0.379 e. The predicted molar refractivity (Wildman–Crippen MR) is 51.7 cm³/mol. The van der Waals surface area contributed by atoms with Crippen LogP contribution in [0.15, 0.2) is 23.1 Å². The van der Waals surface area contributed by atoms with Crippen molar-refractivity contribution < 1.29 is 30.0 Å². The summed E-state index contributed by atoms with van der Waals surface area (Å²) in [7, 11) is -8.43. The van der Waals surface area contributed by atoms with Crippen LogP contribution in [0.25, 0.3) is 0 Å². The fourth-order valence-corrected chi connectivity index (χ4v) is 1.83. The zero-order valence-electron chi connectivity index (χ0n) is 7.91. The first-order chi connectivity index (χ1) is 7.09. The molecule has 0 atom stereocenters. The van der Waals surface area contributed by atoms with Crippen molar-refractivity contribution in [2.45, 2.75) is 4.90 Å². The highest BCUT2D eigenvalue weighted by molar-refractivity contribution is 7.86. The summed E-state index contributed by atoms with van der Waals surface area (Å²) in [6, 6.07) is 2.06. The molecule has 0 bridgehead atoms. The van der Waals surface area contributed by atoms with Gasteiger partial charge in [-0.1, -0.05) is 0 Å². The van der Waals surface area contributed by atoms with E-state index in [1.165, 1.54) is 0 Å². The molecule has 0 saturated heterocycles. The Bertz CT molecular complexity index is 604. The average molecular weight is 270 g/mol. The lowest BCUT2D eigenvalue weighted by atomic mass is 10.3. The molecule has 0 aromatic heterocycles. The number of hydrogen-bond acceptors (Lipinski definition) is 5. The second-order valence-electron chi connectivity index (χ2n) is 2.85. The van der Waals surface area contributed by atoms with Crippen molar-refractivity contribution in [2.75, 3.05) is 6.26 Å². The van der Waals surface area contributed by atoms with Crippen LogP contribution >= 0.6 is 0 Å². The molecule has 16 heavy (non-hydrogen) atoms. The highest BCUT2D eigenvalue weighted by atomic mass is 32.2. The molecule has 1 aromatic carbocycles. The van der Waals surface area contributed by atoms with Gasteiger partial charge < -0.3 is 4.18 Å². The molecule has 0 amide bonds. The number of halogens is 1. The summed E-state index contributed by atoms with van der Waals surface area (Å²) < 4.78 is 68.5. The molecule has 0 heterocycles. The Morgan fingerprint density at radius 2 is 1.81 bits per heavy atom. The van der Waals surface area contributed by atoms with Crippen LogP contribution in [0.5, 0.6) is 5.75 Å². The summed E-state index contributed by atoms with van der Waals surface area (Å²) in [5, 5.41) is 0. The van der Waals surface area contributed by atoms with Crippen LogP contribution in [0, 0.1) is 5.82 Å². The molecule has 0 aliphatic carbocycles. The molecule has 1 aromatic rings. The van der Waals surface area contributed by atoms with Crippen molar-refractivity contribution in [1.29, 1.82) is 0 Å². The van der Waals surface area contributed by atoms with E-state index in [4.69, 9.17) is 4.55 Å². The molecule has 0 aliphatic rings. The Labute approximate surface area is 91.5 Å². The highest BCUT2D eigenvalue weighted by Crippen LogP contribution is 2.21. The first-order valence-corrected chi connectivity index (χ1v) is 7.02. The summed E-state index contributed by atoms with van der Waals surface area (Å²) >= 11 is 0. The van der Waals surface area contributed by atoms with Crippen LogP contribution in [-0.2, 0) is 20.2 Å². The molecule has 0 spiro atoms. The quantitative estimate of drug-likeness (QED) is 0.631. The van der Waals surface area contributed by atoms with Gasteiger partial charge in [0.15, 0.2) is 11.6 Å². The topological polar surface area (TPSA) is 97.7 Å². The van der Waals surface area contributed by atoms with Gasteiger partial charge in [0.05, 0.1) is 11.2 Å². The maximum Gasteiger partial charge on any atom is 0.306 e. The van der Waals surface area contributed by atoms with Gasteiger partial charge in [-0.15, -0.1) is 0 Å². The fraction of sp³-hybridized carbons (Fsp3) is 0.143. The van der Waals surface area contributed by atoms with Crippen molar-refractivity contribution in [3.8, 4) is 5.75 Å². The molecule has 0 aliphatic heterocycles. The fourth-order valence-electron chi connectivity index (χ4n) is 0.873. The van der Waals surface area contributed by atoms with Crippen molar-refractivity contribution in [2.24, 2.45) is 0 Å². The SMILES string of the molecule is CS(=O)(=O)Oc1ccc(S(=O)(=O)O)cc1F. The molecule has 0 unspecified atom stereocenters. The van der Waals surface area contributed by atoms with Crippen LogP contribution in [0.2, 0.25) is 0 Å². The predicted octanol–water partition coefficient (Wildman–Crippen LogP) is 0.411. The second kappa shape index (κ2) is 4.00. The Morgan fingerprint density at radius 1 is 1.25 bits per heavy atom. The normalized spacial score (nSPS) is 12.4. The van der Waals surface area contributed by atoms with Gasteiger partial charge in [-0.25, -0.2) is 4.39 Å². The van der Waals surface area contributed by atoms with E-state index in [9.17, 15) is 21.2 Å². The van der Waals surface area contributed by atoms with Crippen molar-refractivity contribution in [3.05, 3.63) is 24.0 Å². The largest absolute Gasteiger partial charge is 0.379 e. The Morgan fingerprint density at radius 3 is 2.19 bits per heavy atom. The maximum absolute atomic E-state index is 13.1. The Kier molecular flexibility index (Phi) is 3.22. The van der Waals surface area contributed by atoms with Crippen LogP contribution in [0.1, 0.15) is 0 Å². The van der Waals surface area contributed by atoms with Gasteiger partial charge in [0.2, 0.25) is 0 Å². The summed E-state index contributed by atoms with van der Waals surface area (Å²) in [6.45, 7) is 0. The molecule has 0 fully saturated rings. The van der Waals surface area contributed by atoms with Crippen LogP contribution in [0.3, 0.4) is 0 Å². The van der Waals surface area contributed by atoms with Crippen LogP contribution in [-0.4, -0.2) is 27.6 Å². The van der Waals surface area contributed by atoms with Crippen LogP contribution in [0.4, 0.5) is 4.39 Å². The van der Waals surface area contributed by atoms with Crippen LogP contribution < -0.4 is 4.18 Å². The standard InChI is InChI=1S/C7H7FO6S2/c1-15(9,10)14-7-3-2-5(4-6(7)8)16(11,12)13/h2-4H,1H3,(H,11,12,13). The summed E-state index contributed by atoms with van der Waals surface area (Å²) in [5.41, 5.74) is 0. The summed E-state index contributed by atoms with van der Waals surface area (Å²) in [6.07, 6.45) is 0.711. The summed E-state index contributed by atoms with van der Waals surface area (Å²) in [5.74, 6) is -1.85. The van der Waals surface area contributed by atoms with E-state index in [1.807, 2.05) is 0 Å². The molecule has 0 saturated carbocycles. The van der Waals surface area contributed by atoms with Gasteiger partial charge in [-0.2, -0.15) is 16.8 Å². The lowest BCUT2D eigenvalue weighted by molar-refractivity contribution is 0.463. The third-order valence-electron chi connectivity index (χ3n) is 1.44. The first-order valence-electron chi connectivity index (χ1n) is 3.76. The zero-order valence-corrected chi connectivity index (χ0v) is 9.55. The monoisotopic (exact) mass is 270 g/mol. The molecule has 9 heteroatoms. The van der Waals surface area contributed by atoms with Gasteiger partial charge in [0.25, 0.3) is 10.1 Å². The molecule has 1 rings (SSSR count). The highest BCUT2D eigenvalue weighted by Gasteiger charge is 2.15. The Hall–Kier alpha value is -1.19. The molecule has 90 valence electrons. The van der Waals surface area contributed by atoms with E-state index in [2.05, 4.69) is 4.18 Å². The van der Waals surface area contributed by atoms with Crippen molar-refractivity contribution in [3.63, 3.8) is 0 Å². The minimum atomic E-state index is -4.53. The smallest absolute Gasteiger partial charge is 0.306 e. The molecular weight excluding hydrogens is 263 g/mol. The van der Waals surface area contributed by atoms with E-state index < -0.39 is 36.7 Å². The lowest BCUT2D eigenvalue weighted by Crippen LogP contribution is -2.07. The molecule has 1 N–H and O–H groups in total. The van der Waals surface area contributed by atoms with E-state index in [-0.39, 0.29) is 0 Å². The van der Waals surface area contributed by atoms with E-state index >= 15 is 0 Å². The minimum absolute atomic E-state index is 0.454. The summed E-state index contributed by atoms with van der Waals surface area (Å²) in [4.78, 5) is -0.689. The maximum atomic E-state index is 13.1. The van der Waals surface area contributed by atoms with Gasteiger partial charge in [0.1, 0.15) is 0 Å². The number of rotatable bonds is 3. The van der Waals surface area contributed by atoms with Gasteiger partial charge in [-0.3, -0.25) is 4.55 Å². The molecule has 6 nitrogen and oxygen atoms in total. The number of hydrogen-bond donors (Lipinski definition) is 1. The third kappa shape index (κ3) is 3.43. The van der Waals surface area contributed by atoms with Crippen molar-refractivity contribution >= 4 is 20.2 Å². The first kappa shape index (κ1) is 12.9. The van der Waals surface area contributed by atoms with E-state index in [1.54, 1.807) is 0 Å². The lowest BCUT2D eigenvalue weighted by Gasteiger charge is -2.04. The van der Waals surface area contributed by atoms with E-state index in [0.29, 0.717) is 12.3 Å². The van der Waals surface area contributed by atoms with Gasteiger partial charge in [-0.05, 0) is 18.2 Å². The average Bonchev–Trinajstić information content (AvgIpc) is 2.04. The van der Waals surface area contributed by atoms with Crippen molar-refractivity contribution in [1.82, 2.24) is 0 Å². The molecule has 0 radical (unpaired) electrons. The van der Waals surface area contributed by atoms with Gasteiger partial charge >= 0.3 is 10.1 Å².